The number of hydrogen-bond acceptors (Lipinski definition) is 4. The van der Waals surface area contributed by atoms with Crippen molar-refractivity contribution >= 4 is 11.7 Å². The van der Waals surface area contributed by atoms with Gasteiger partial charge in [-0.05, 0) is 37.0 Å². The molecule has 0 aromatic heterocycles. The molecule has 1 amide bonds. The van der Waals surface area contributed by atoms with Crippen LogP contribution in [0.5, 0.6) is 0 Å². The van der Waals surface area contributed by atoms with E-state index in [0.717, 1.165) is 12.3 Å². The molecule has 2 aliphatic carbocycles. The zero-order valence-corrected chi connectivity index (χ0v) is 12.3. The van der Waals surface area contributed by atoms with Crippen molar-refractivity contribution in [2.24, 2.45) is 23.7 Å². The molecule has 5 heteroatoms. The van der Waals surface area contributed by atoms with E-state index in [1.807, 2.05) is 6.07 Å². The minimum absolute atomic E-state index is 0.174. The summed E-state index contributed by atoms with van der Waals surface area (Å²) in [6, 6.07) is 1.94. The maximum atomic E-state index is 12.4. The van der Waals surface area contributed by atoms with E-state index in [2.05, 4.69) is 0 Å². The average Bonchev–Trinajstić information content (AvgIpc) is 3.11. The van der Waals surface area contributed by atoms with Gasteiger partial charge in [-0.1, -0.05) is 6.42 Å². The van der Waals surface area contributed by atoms with Crippen molar-refractivity contribution in [1.82, 2.24) is 4.90 Å². The lowest BCUT2D eigenvalue weighted by atomic mass is 9.83. The summed E-state index contributed by atoms with van der Waals surface area (Å²) in [6.45, 7) is 1.95. The third kappa shape index (κ3) is 2.96. The van der Waals surface area contributed by atoms with E-state index in [1.165, 1.54) is 19.3 Å². The first kappa shape index (κ1) is 14.5. The fourth-order valence-electron chi connectivity index (χ4n) is 4.23. The molecule has 1 heterocycles. The summed E-state index contributed by atoms with van der Waals surface area (Å²) in [6.07, 6.45) is 5.28. The molecule has 0 aromatic carbocycles. The van der Waals surface area contributed by atoms with Crippen molar-refractivity contribution in [3.8, 4) is 6.07 Å². The summed E-state index contributed by atoms with van der Waals surface area (Å²) in [4.78, 5) is 26.3. The van der Waals surface area contributed by atoms with Crippen LogP contribution in [0.15, 0.2) is 0 Å². The molecule has 0 aromatic rings. The normalized spacial score (nSPS) is 32.7. The molecular formula is C16H22N2O3. The van der Waals surface area contributed by atoms with E-state index in [1.54, 1.807) is 4.90 Å². The average molecular weight is 290 g/mol. The van der Waals surface area contributed by atoms with Gasteiger partial charge in [0.25, 0.3) is 0 Å². The summed E-state index contributed by atoms with van der Waals surface area (Å²) in [5.74, 6) is 0.229. The number of rotatable bonds is 4. The molecule has 0 N–H and O–H groups in total. The molecule has 2 bridgehead atoms. The Kier molecular flexibility index (Phi) is 4.25. The highest BCUT2D eigenvalue weighted by Gasteiger charge is 2.42. The summed E-state index contributed by atoms with van der Waals surface area (Å²) in [7, 11) is 0. The Morgan fingerprint density at radius 3 is 2.57 bits per heavy atom. The Morgan fingerprint density at radius 1 is 1.24 bits per heavy atom. The minimum atomic E-state index is -1.11. The Bertz CT molecular complexity index is 465. The second-order valence-corrected chi connectivity index (χ2v) is 6.61. The number of carbonyl (C=O) groups is 2. The molecule has 0 unspecified atom stereocenters. The number of hydrogen-bond donors (Lipinski definition) is 0. The third-order valence-corrected chi connectivity index (χ3v) is 5.37. The predicted octanol–water partition coefficient (Wildman–Crippen LogP) is 1.38. The quantitative estimate of drug-likeness (QED) is 0.733. The van der Waals surface area contributed by atoms with Crippen molar-refractivity contribution in [3.63, 3.8) is 0 Å². The molecule has 4 atom stereocenters. The summed E-state index contributed by atoms with van der Waals surface area (Å²) in [5, 5.41) is 9.25. The van der Waals surface area contributed by atoms with E-state index in [-0.39, 0.29) is 11.7 Å². The number of carbonyl (C=O) groups excluding carboxylic acids is 2. The number of ether oxygens (including phenoxy) is 1. The molecule has 0 radical (unpaired) electrons. The van der Waals surface area contributed by atoms with Crippen molar-refractivity contribution in [1.29, 1.82) is 5.26 Å². The van der Waals surface area contributed by atoms with Crippen LogP contribution in [0, 0.1) is 35.0 Å². The van der Waals surface area contributed by atoms with Crippen LogP contribution in [-0.4, -0.2) is 42.9 Å². The van der Waals surface area contributed by atoms with Crippen LogP contribution in [0.4, 0.5) is 0 Å². The molecule has 114 valence electrons. The number of nitrogens with zero attached hydrogens (tertiary/aromatic N) is 2. The Hall–Kier alpha value is -1.41. The molecule has 3 rings (SSSR count). The number of nitriles is 1. The number of ketones is 1. The first-order valence-electron chi connectivity index (χ1n) is 7.98. The fourth-order valence-corrected chi connectivity index (χ4v) is 4.23. The van der Waals surface area contributed by atoms with Gasteiger partial charge in [0.2, 0.25) is 5.91 Å². The van der Waals surface area contributed by atoms with Crippen molar-refractivity contribution in [2.45, 2.75) is 32.1 Å². The van der Waals surface area contributed by atoms with Gasteiger partial charge < -0.3 is 9.64 Å². The van der Waals surface area contributed by atoms with Crippen LogP contribution in [0.3, 0.4) is 0 Å². The van der Waals surface area contributed by atoms with Crippen LogP contribution in [0.2, 0.25) is 0 Å². The first-order chi connectivity index (χ1) is 10.2. The van der Waals surface area contributed by atoms with Crippen LogP contribution in [-0.2, 0) is 14.3 Å². The molecular weight excluding hydrogens is 268 g/mol. The van der Waals surface area contributed by atoms with Gasteiger partial charge in [-0.15, -0.1) is 0 Å². The smallest absolute Gasteiger partial charge is 0.247 e. The highest BCUT2D eigenvalue weighted by molar-refractivity contribution is 6.04. The molecule has 3 aliphatic rings. The molecule has 2 saturated carbocycles. The zero-order valence-electron chi connectivity index (χ0n) is 12.3. The van der Waals surface area contributed by atoms with E-state index in [0.29, 0.717) is 44.6 Å². The van der Waals surface area contributed by atoms with E-state index < -0.39 is 5.92 Å². The summed E-state index contributed by atoms with van der Waals surface area (Å²) in [5.41, 5.74) is 0. The second-order valence-electron chi connectivity index (χ2n) is 6.61. The van der Waals surface area contributed by atoms with Gasteiger partial charge in [0.1, 0.15) is 0 Å². The summed E-state index contributed by atoms with van der Waals surface area (Å²) < 4.78 is 5.20. The second kappa shape index (κ2) is 6.15. The van der Waals surface area contributed by atoms with Crippen LogP contribution >= 0.6 is 0 Å². The van der Waals surface area contributed by atoms with E-state index >= 15 is 0 Å². The van der Waals surface area contributed by atoms with E-state index in [9.17, 15) is 14.9 Å². The lowest BCUT2D eigenvalue weighted by Crippen LogP contribution is -2.45. The van der Waals surface area contributed by atoms with Crippen LogP contribution in [0.25, 0.3) is 0 Å². The molecule has 0 spiro atoms. The van der Waals surface area contributed by atoms with Gasteiger partial charge >= 0.3 is 0 Å². The number of amides is 1. The monoisotopic (exact) mass is 290 g/mol. The van der Waals surface area contributed by atoms with Gasteiger partial charge in [0, 0.05) is 19.5 Å². The minimum Gasteiger partial charge on any atom is -0.378 e. The SMILES string of the molecule is N#C[C@H](C(=O)C[C@H]1C[C@H]2CC[C@H]1C2)C(=O)N1CCOCC1. The number of fused-ring (bicyclic) bond motifs is 2. The molecule has 1 aliphatic heterocycles. The van der Waals surface area contributed by atoms with Gasteiger partial charge in [-0.25, -0.2) is 0 Å². The fraction of sp³-hybridized carbons (Fsp3) is 0.812. The maximum Gasteiger partial charge on any atom is 0.247 e. The van der Waals surface area contributed by atoms with Gasteiger partial charge in [-0.2, -0.15) is 5.26 Å². The summed E-state index contributed by atoms with van der Waals surface area (Å²) >= 11 is 0. The number of Topliss-reactive ketones (excluding diaryl/α,β-unsaturated/α-hetero) is 1. The largest absolute Gasteiger partial charge is 0.378 e. The van der Waals surface area contributed by atoms with E-state index in [4.69, 9.17) is 4.74 Å². The third-order valence-electron chi connectivity index (χ3n) is 5.37. The molecule has 1 saturated heterocycles. The lowest BCUT2D eigenvalue weighted by Gasteiger charge is -2.28. The number of morpholine rings is 1. The van der Waals surface area contributed by atoms with Crippen LogP contribution < -0.4 is 0 Å². The van der Waals surface area contributed by atoms with Crippen molar-refractivity contribution < 1.29 is 14.3 Å². The highest BCUT2D eigenvalue weighted by Crippen LogP contribution is 2.49. The Morgan fingerprint density at radius 2 is 2.00 bits per heavy atom. The highest BCUT2D eigenvalue weighted by atomic mass is 16.5. The Labute approximate surface area is 125 Å². The van der Waals surface area contributed by atoms with Gasteiger partial charge in [0.05, 0.1) is 19.3 Å². The maximum absolute atomic E-state index is 12.4. The van der Waals surface area contributed by atoms with Crippen molar-refractivity contribution in [2.75, 3.05) is 26.3 Å². The lowest BCUT2D eigenvalue weighted by molar-refractivity contribution is -0.142. The standard InChI is InChI=1S/C16H22N2O3/c17-10-14(16(20)18-3-5-21-6-4-18)15(19)9-13-8-11-1-2-12(13)7-11/h11-14H,1-9H2/t11-,12-,13+,14+/m0/s1. The molecule has 21 heavy (non-hydrogen) atoms. The predicted molar refractivity (Wildman–Crippen MR) is 75.1 cm³/mol. The van der Waals surface area contributed by atoms with Crippen LogP contribution in [0.1, 0.15) is 32.1 Å². The Balaban J connectivity index is 1.58. The first-order valence-corrected chi connectivity index (χ1v) is 7.98. The van der Waals surface area contributed by atoms with Gasteiger partial charge in [0.15, 0.2) is 11.7 Å². The van der Waals surface area contributed by atoms with Gasteiger partial charge in [-0.3, -0.25) is 9.59 Å². The zero-order chi connectivity index (χ0) is 14.8. The molecule has 5 nitrogen and oxygen atoms in total. The van der Waals surface area contributed by atoms with Crippen molar-refractivity contribution in [3.05, 3.63) is 0 Å². The molecule has 3 fully saturated rings. The topological polar surface area (TPSA) is 70.4 Å².